The zero-order valence-corrected chi connectivity index (χ0v) is 10.1. The third-order valence-corrected chi connectivity index (χ3v) is 2.47. The zero-order valence-electron chi connectivity index (χ0n) is 10.1. The fourth-order valence-corrected chi connectivity index (χ4v) is 1.31. The molecule has 1 rings (SSSR count). The van der Waals surface area contributed by atoms with Gasteiger partial charge >= 0.3 is 5.97 Å². The monoisotopic (exact) mass is 290 g/mol. The molecule has 0 aliphatic heterocycles. The Bertz CT molecular complexity index is 455. The molecule has 9 nitrogen and oxygen atoms in total. The van der Waals surface area contributed by atoms with Gasteiger partial charge in [-0.15, -0.1) is 0 Å². The van der Waals surface area contributed by atoms with Gasteiger partial charge in [0.2, 0.25) is 5.76 Å². The van der Waals surface area contributed by atoms with E-state index < -0.39 is 37.0 Å². The zero-order chi connectivity index (χ0) is 15.3. The molecule has 0 fully saturated rings. The molecule has 9 heteroatoms. The van der Waals surface area contributed by atoms with E-state index in [1.54, 1.807) is 0 Å². The predicted molar refractivity (Wildman–Crippen MR) is 60.8 cm³/mol. The number of aldehydes is 1. The summed E-state index contributed by atoms with van der Waals surface area (Å²) in [6.07, 6.45) is -6.64. The number of hydrogen-bond acceptors (Lipinski definition) is 9. The van der Waals surface area contributed by atoms with Gasteiger partial charge in [-0.2, -0.15) is 0 Å². The van der Waals surface area contributed by atoms with Crippen LogP contribution in [0.4, 0.5) is 0 Å². The SMILES string of the molecule is O=Cc1occc1OC(=O)C(O)C(O)C(O)C(O)CO. The van der Waals surface area contributed by atoms with E-state index in [0.717, 1.165) is 12.3 Å². The number of carbonyl (C=O) groups is 2. The Morgan fingerprint density at radius 1 is 1.30 bits per heavy atom. The van der Waals surface area contributed by atoms with Gasteiger partial charge < -0.3 is 34.7 Å². The van der Waals surface area contributed by atoms with E-state index in [4.69, 9.17) is 10.2 Å². The summed E-state index contributed by atoms with van der Waals surface area (Å²) in [7, 11) is 0. The summed E-state index contributed by atoms with van der Waals surface area (Å²) in [6.45, 7) is -0.878. The third kappa shape index (κ3) is 3.62. The Hall–Kier alpha value is -1.78. The molecule has 112 valence electrons. The van der Waals surface area contributed by atoms with Crippen molar-refractivity contribution in [3.8, 4) is 5.75 Å². The van der Waals surface area contributed by atoms with Gasteiger partial charge in [0.25, 0.3) is 0 Å². The molecule has 0 radical (unpaired) electrons. The summed E-state index contributed by atoms with van der Waals surface area (Å²) in [4.78, 5) is 22.0. The molecule has 0 amide bonds. The van der Waals surface area contributed by atoms with Gasteiger partial charge in [0, 0.05) is 6.07 Å². The standard InChI is InChI=1S/C11H14O9/c12-3-5(14)8(15)9(16)10(17)11(18)20-6-1-2-19-7(6)4-13/h1-2,4-5,8-10,12,14-17H,3H2. The number of rotatable bonds is 7. The molecule has 1 aromatic heterocycles. The molecule has 0 saturated heterocycles. The molecular formula is C11H14O9. The van der Waals surface area contributed by atoms with Crippen LogP contribution >= 0.6 is 0 Å². The van der Waals surface area contributed by atoms with E-state index in [0.29, 0.717) is 0 Å². The molecule has 0 saturated carbocycles. The lowest BCUT2D eigenvalue weighted by Gasteiger charge is -2.24. The Balaban J connectivity index is 2.69. The maximum atomic E-state index is 11.5. The first-order chi connectivity index (χ1) is 9.42. The fourth-order valence-electron chi connectivity index (χ4n) is 1.31. The fraction of sp³-hybridized carbons (Fsp3) is 0.455. The molecule has 0 aliphatic carbocycles. The minimum absolute atomic E-state index is 0.270. The predicted octanol–water partition coefficient (Wildman–Crippen LogP) is -2.57. The lowest BCUT2D eigenvalue weighted by Crippen LogP contribution is -2.49. The second-order valence-electron chi connectivity index (χ2n) is 3.86. The molecule has 0 aromatic carbocycles. The summed E-state index contributed by atoms with van der Waals surface area (Å²) < 4.78 is 9.24. The van der Waals surface area contributed by atoms with E-state index >= 15 is 0 Å². The van der Waals surface area contributed by atoms with Crippen LogP contribution in [-0.2, 0) is 4.79 Å². The molecule has 0 bridgehead atoms. The third-order valence-electron chi connectivity index (χ3n) is 2.47. The topological polar surface area (TPSA) is 158 Å². The summed E-state index contributed by atoms with van der Waals surface area (Å²) in [5.41, 5.74) is 0. The van der Waals surface area contributed by atoms with Crippen molar-refractivity contribution in [2.24, 2.45) is 0 Å². The highest BCUT2D eigenvalue weighted by atomic mass is 16.6. The van der Waals surface area contributed by atoms with Gasteiger partial charge in [-0.3, -0.25) is 4.79 Å². The Kier molecular flexibility index (Phi) is 5.80. The largest absolute Gasteiger partial charge is 0.457 e. The minimum atomic E-state index is -2.19. The van der Waals surface area contributed by atoms with E-state index in [-0.39, 0.29) is 17.8 Å². The van der Waals surface area contributed by atoms with Crippen molar-refractivity contribution < 1.29 is 44.3 Å². The van der Waals surface area contributed by atoms with Gasteiger partial charge in [-0.1, -0.05) is 0 Å². The molecule has 4 unspecified atom stereocenters. The number of esters is 1. The quantitative estimate of drug-likeness (QED) is 0.269. The lowest BCUT2D eigenvalue weighted by atomic mass is 10.0. The van der Waals surface area contributed by atoms with Crippen LogP contribution in [-0.4, -0.2) is 68.8 Å². The molecule has 20 heavy (non-hydrogen) atoms. The maximum Gasteiger partial charge on any atom is 0.343 e. The minimum Gasteiger partial charge on any atom is -0.457 e. The number of ether oxygens (including phenoxy) is 1. The summed E-state index contributed by atoms with van der Waals surface area (Å²) in [6, 6.07) is 1.14. The van der Waals surface area contributed by atoms with Gasteiger partial charge in [0.05, 0.1) is 12.9 Å². The van der Waals surface area contributed by atoms with Crippen LogP contribution in [0, 0.1) is 0 Å². The van der Waals surface area contributed by atoms with Crippen LogP contribution in [0.1, 0.15) is 10.6 Å². The van der Waals surface area contributed by atoms with E-state index in [1.807, 2.05) is 0 Å². The highest BCUT2D eigenvalue weighted by molar-refractivity contribution is 5.81. The van der Waals surface area contributed by atoms with E-state index in [1.165, 1.54) is 0 Å². The van der Waals surface area contributed by atoms with E-state index in [2.05, 4.69) is 9.15 Å². The molecule has 1 aromatic rings. The number of carbonyl (C=O) groups excluding carboxylic acids is 2. The van der Waals surface area contributed by atoms with Crippen LogP contribution in [0.3, 0.4) is 0 Å². The van der Waals surface area contributed by atoms with Crippen LogP contribution in [0.15, 0.2) is 16.7 Å². The van der Waals surface area contributed by atoms with Crippen LogP contribution in [0.5, 0.6) is 5.75 Å². The number of hydrogen-bond donors (Lipinski definition) is 5. The number of furan rings is 1. The number of aliphatic hydroxyl groups is 5. The summed E-state index contributed by atoms with van der Waals surface area (Å²) >= 11 is 0. The highest BCUT2D eigenvalue weighted by Crippen LogP contribution is 2.18. The van der Waals surface area contributed by atoms with Gasteiger partial charge in [0.15, 0.2) is 18.1 Å². The van der Waals surface area contributed by atoms with Crippen molar-refractivity contribution in [3.05, 3.63) is 18.1 Å². The van der Waals surface area contributed by atoms with Crippen LogP contribution < -0.4 is 4.74 Å². The first-order valence-corrected chi connectivity index (χ1v) is 5.49. The second kappa shape index (κ2) is 7.12. The summed E-state index contributed by atoms with van der Waals surface area (Å²) in [5.74, 6) is -1.93. The molecular weight excluding hydrogens is 276 g/mol. The molecule has 5 N–H and O–H groups in total. The van der Waals surface area contributed by atoms with E-state index in [9.17, 15) is 24.9 Å². The van der Waals surface area contributed by atoms with Crippen molar-refractivity contribution >= 4 is 12.3 Å². The Morgan fingerprint density at radius 3 is 2.50 bits per heavy atom. The summed E-state index contributed by atoms with van der Waals surface area (Å²) in [5, 5.41) is 45.9. The van der Waals surface area contributed by atoms with Gasteiger partial charge in [-0.05, 0) is 0 Å². The molecule has 0 spiro atoms. The van der Waals surface area contributed by atoms with Crippen molar-refractivity contribution in [1.82, 2.24) is 0 Å². The maximum absolute atomic E-state index is 11.5. The van der Waals surface area contributed by atoms with Crippen molar-refractivity contribution in [1.29, 1.82) is 0 Å². The van der Waals surface area contributed by atoms with Crippen molar-refractivity contribution in [2.45, 2.75) is 24.4 Å². The van der Waals surface area contributed by atoms with Crippen molar-refractivity contribution in [2.75, 3.05) is 6.61 Å². The van der Waals surface area contributed by atoms with Crippen molar-refractivity contribution in [3.63, 3.8) is 0 Å². The van der Waals surface area contributed by atoms with Gasteiger partial charge in [-0.25, -0.2) is 4.79 Å². The first-order valence-electron chi connectivity index (χ1n) is 5.49. The lowest BCUT2D eigenvalue weighted by molar-refractivity contribution is -0.161. The first kappa shape index (κ1) is 16.3. The van der Waals surface area contributed by atoms with Crippen LogP contribution in [0.25, 0.3) is 0 Å². The average Bonchev–Trinajstić information content (AvgIpc) is 2.90. The Morgan fingerprint density at radius 2 is 1.95 bits per heavy atom. The average molecular weight is 290 g/mol. The van der Waals surface area contributed by atoms with Gasteiger partial charge in [0.1, 0.15) is 18.3 Å². The Labute approximate surface area is 112 Å². The molecule has 4 atom stereocenters. The highest BCUT2D eigenvalue weighted by Gasteiger charge is 2.35. The normalized spacial score (nSPS) is 17.1. The number of aliphatic hydroxyl groups excluding tert-OH is 5. The molecule has 0 aliphatic rings. The van der Waals surface area contributed by atoms with Crippen LogP contribution in [0.2, 0.25) is 0 Å². The molecule has 1 heterocycles. The smallest absolute Gasteiger partial charge is 0.343 e. The second-order valence-corrected chi connectivity index (χ2v) is 3.86.